The van der Waals surface area contributed by atoms with Gasteiger partial charge in [-0.15, -0.1) is 11.3 Å². The molecule has 2 aliphatic rings. The van der Waals surface area contributed by atoms with Crippen molar-refractivity contribution < 1.29 is 9.84 Å². The summed E-state index contributed by atoms with van der Waals surface area (Å²) in [6.07, 6.45) is 6.78. The highest BCUT2D eigenvalue weighted by Gasteiger charge is 2.56. The molecule has 1 aromatic rings. The van der Waals surface area contributed by atoms with Crippen LogP contribution in [0.25, 0.3) is 5.76 Å². The number of thiophene rings is 1. The maximum Gasteiger partial charge on any atom is 0.149 e. The van der Waals surface area contributed by atoms with Crippen LogP contribution in [0.1, 0.15) is 50.3 Å². The van der Waals surface area contributed by atoms with E-state index in [-0.39, 0.29) is 12.0 Å². The highest BCUT2D eigenvalue weighted by Crippen LogP contribution is 2.55. The third-order valence-electron chi connectivity index (χ3n) is 4.58. The van der Waals surface area contributed by atoms with E-state index in [2.05, 4.69) is 34.3 Å². The number of unbranched alkanes of at least 4 members (excludes halogenated alkanes) is 2. The zero-order chi connectivity index (χ0) is 14.2. The lowest BCUT2D eigenvalue weighted by Gasteiger charge is -2.52. The SMILES string of the molecule is CCCCC[C@@H]1OC(c2cccs2)=C(Br)[C@]2(O)CC[C@H]12. The number of rotatable bonds is 5. The van der Waals surface area contributed by atoms with Crippen molar-refractivity contribution in [2.24, 2.45) is 5.92 Å². The Morgan fingerprint density at radius 2 is 2.35 bits per heavy atom. The van der Waals surface area contributed by atoms with Gasteiger partial charge in [0.15, 0.2) is 0 Å². The Bertz CT molecular complexity index is 497. The molecular weight excluding hydrogens is 336 g/mol. The van der Waals surface area contributed by atoms with Crippen LogP contribution in [0.4, 0.5) is 0 Å². The van der Waals surface area contributed by atoms with Crippen molar-refractivity contribution in [1.29, 1.82) is 0 Å². The predicted octanol–water partition coefficient (Wildman–Crippen LogP) is 4.93. The summed E-state index contributed by atoms with van der Waals surface area (Å²) >= 11 is 5.28. The molecule has 4 heteroatoms. The molecule has 3 rings (SSSR count). The summed E-state index contributed by atoms with van der Waals surface area (Å²) in [7, 11) is 0. The summed E-state index contributed by atoms with van der Waals surface area (Å²) in [6.45, 7) is 2.22. The highest BCUT2D eigenvalue weighted by molar-refractivity contribution is 9.12. The molecule has 1 aliphatic heterocycles. The molecule has 0 spiro atoms. The third kappa shape index (κ3) is 2.36. The van der Waals surface area contributed by atoms with Crippen molar-refractivity contribution in [1.82, 2.24) is 0 Å². The van der Waals surface area contributed by atoms with Crippen LogP contribution in [0, 0.1) is 5.92 Å². The summed E-state index contributed by atoms with van der Waals surface area (Å²) in [5.41, 5.74) is -0.686. The van der Waals surface area contributed by atoms with Crippen molar-refractivity contribution in [2.45, 2.75) is 57.2 Å². The molecule has 2 heterocycles. The quantitative estimate of drug-likeness (QED) is 0.757. The third-order valence-corrected chi connectivity index (χ3v) is 6.50. The normalized spacial score (nSPS) is 32.5. The molecule has 0 bridgehead atoms. The summed E-state index contributed by atoms with van der Waals surface area (Å²) in [4.78, 5) is 1.11. The minimum absolute atomic E-state index is 0.165. The van der Waals surface area contributed by atoms with Crippen LogP contribution in [0.15, 0.2) is 22.0 Å². The van der Waals surface area contributed by atoms with E-state index >= 15 is 0 Å². The maximum absolute atomic E-state index is 10.9. The molecule has 0 saturated heterocycles. The Labute approximate surface area is 133 Å². The number of halogens is 1. The number of fused-ring (bicyclic) bond motifs is 1. The fraction of sp³-hybridized carbons (Fsp3) is 0.625. The summed E-state index contributed by atoms with van der Waals surface area (Å²) in [5.74, 6) is 1.12. The van der Waals surface area contributed by atoms with Gasteiger partial charge >= 0.3 is 0 Å². The van der Waals surface area contributed by atoms with Crippen molar-refractivity contribution in [3.63, 3.8) is 0 Å². The summed E-state index contributed by atoms with van der Waals surface area (Å²) in [6, 6.07) is 4.09. The van der Waals surface area contributed by atoms with E-state index < -0.39 is 5.60 Å². The van der Waals surface area contributed by atoms with Crippen LogP contribution in [-0.2, 0) is 4.74 Å². The fourth-order valence-electron chi connectivity index (χ4n) is 3.26. The largest absolute Gasteiger partial charge is 0.488 e. The number of ether oxygens (including phenoxy) is 1. The van der Waals surface area contributed by atoms with Crippen LogP contribution in [0.2, 0.25) is 0 Å². The molecule has 3 atom stereocenters. The second-order valence-electron chi connectivity index (χ2n) is 5.84. The first-order chi connectivity index (χ1) is 9.66. The molecule has 1 saturated carbocycles. The Balaban J connectivity index is 1.84. The van der Waals surface area contributed by atoms with Crippen LogP contribution in [0.5, 0.6) is 0 Å². The van der Waals surface area contributed by atoms with Gasteiger partial charge in [0.05, 0.1) is 9.36 Å². The van der Waals surface area contributed by atoms with Crippen molar-refractivity contribution in [3.05, 3.63) is 26.9 Å². The molecule has 0 amide bonds. The Kier molecular flexibility index (Phi) is 4.25. The van der Waals surface area contributed by atoms with Gasteiger partial charge in [-0.2, -0.15) is 0 Å². The van der Waals surface area contributed by atoms with Gasteiger partial charge in [0.25, 0.3) is 0 Å². The van der Waals surface area contributed by atoms with Crippen molar-refractivity contribution in [3.8, 4) is 0 Å². The van der Waals surface area contributed by atoms with Crippen molar-refractivity contribution in [2.75, 3.05) is 0 Å². The number of hydrogen-bond acceptors (Lipinski definition) is 3. The fourth-order valence-corrected chi connectivity index (χ4v) is 4.91. The van der Waals surface area contributed by atoms with Crippen LogP contribution >= 0.6 is 27.3 Å². The average molecular weight is 357 g/mol. The zero-order valence-corrected chi connectivity index (χ0v) is 14.2. The van der Waals surface area contributed by atoms with Gasteiger partial charge in [-0.05, 0) is 53.1 Å². The average Bonchev–Trinajstić information content (AvgIpc) is 2.94. The number of hydrogen-bond donors (Lipinski definition) is 1. The molecular formula is C16H21BrO2S. The Hall–Kier alpha value is -0.320. The topological polar surface area (TPSA) is 29.5 Å². The van der Waals surface area contributed by atoms with Gasteiger partial charge in [-0.1, -0.05) is 25.8 Å². The maximum atomic E-state index is 10.9. The van der Waals surface area contributed by atoms with E-state index in [1.54, 1.807) is 11.3 Å². The van der Waals surface area contributed by atoms with Gasteiger partial charge < -0.3 is 9.84 Å². The van der Waals surface area contributed by atoms with E-state index in [4.69, 9.17) is 4.74 Å². The highest BCUT2D eigenvalue weighted by atomic mass is 79.9. The van der Waals surface area contributed by atoms with Gasteiger partial charge in [-0.25, -0.2) is 0 Å². The molecule has 1 aliphatic carbocycles. The molecule has 0 radical (unpaired) electrons. The van der Waals surface area contributed by atoms with Gasteiger partial charge in [-0.3, -0.25) is 0 Å². The van der Waals surface area contributed by atoms with E-state index in [1.807, 2.05) is 6.07 Å². The Morgan fingerprint density at radius 1 is 1.50 bits per heavy atom. The Morgan fingerprint density at radius 3 is 2.95 bits per heavy atom. The molecule has 1 fully saturated rings. The van der Waals surface area contributed by atoms with Gasteiger partial charge in [0.2, 0.25) is 0 Å². The molecule has 0 aromatic carbocycles. The van der Waals surface area contributed by atoms with E-state index in [1.165, 1.54) is 19.3 Å². The molecule has 20 heavy (non-hydrogen) atoms. The minimum atomic E-state index is -0.686. The predicted molar refractivity (Wildman–Crippen MR) is 86.9 cm³/mol. The first-order valence-corrected chi connectivity index (χ1v) is 9.17. The van der Waals surface area contributed by atoms with Crippen LogP contribution in [-0.4, -0.2) is 16.8 Å². The van der Waals surface area contributed by atoms with E-state index in [9.17, 15) is 5.11 Å². The zero-order valence-electron chi connectivity index (χ0n) is 11.8. The second-order valence-corrected chi connectivity index (χ2v) is 7.58. The lowest BCUT2D eigenvalue weighted by atomic mass is 9.64. The standard InChI is InChI=1S/C16H21BrO2S/c1-2-3-4-6-12-11-8-9-16(11,18)15(17)14(19-12)13-7-5-10-20-13/h5,7,10-12,18H,2-4,6,8-9H2,1H3/t11-,12+,16+/m1/s1. The lowest BCUT2D eigenvalue weighted by Crippen LogP contribution is -2.56. The molecule has 0 unspecified atom stereocenters. The second kappa shape index (κ2) is 5.82. The first kappa shape index (κ1) is 14.6. The van der Waals surface area contributed by atoms with E-state index in [0.29, 0.717) is 0 Å². The van der Waals surface area contributed by atoms with Gasteiger partial charge in [0, 0.05) is 5.92 Å². The van der Waals surface area contributed by atoms with Crippen LogP contribution < -0.4 is 0 Å². The van der Waals surface area contributed by atoms with Gasteiger partial charge in [0.1, 0.15) is 17.5 Å². The van der Waals surface area contributed by atoms with E-state index in [0.717, 1.165) is 34.4 Å². The summed E-state index contributed by atoms with van der Waals surface area (Å²) in [5, 5.41) is 13.0. The first-order valence-electron chi connectivity index (χ1n) is 7.50. The molecule has 110 valence electrons. The minimum Gasteiger partial charge on any atom is -0.488 e. The summed E-state index contributed by atoms with van der Waals surface area (Å²) < 4.78 is 7.13. The molecule has 2 nitrogen and oxygen atoms in total. The molecule has 1 aromatic heterocycles. The van der Waals surface area contributed by atoms with Crippen LogP contribution in [0.3, 0.4) is 0 Å². The monoisotopic (exact) mass is 356 g/mol. The smallest absolute Gasteiger partial charge is 0.149 e. The molecule has 1 N–H and O–H groups in total. The van der Waals surface area contributed by atoms with Crippen molar-refractivity contribution >= 4 is 33.0 Å². The lowest BCUT2D eigenvalue weighted by molar-refractivity contribution is -0.124. The number of aliphatic hydroxyl groups is 1.